The van der Waals surface area contributed by atoms with Gasteiger partial charge in [0.05, 0.1) is 0 Å². The van der Waals surface area contributed by atoms with Crippen molar-refractivity contribution < 1.29 is 0 Å². The first-order valence-corrected chi connectivity index (χ1v) is 4.15. The van der Waals surface area contributed by atoms with E-state index in [9.17, 15) is 0 Å². The van der Waals surface area contributed by atoms with Crippen LogP contribution in [0.4, 0.5) is 0 Å². The summed E-state index contributed by atoms with van der Waals surface area (Å²) in [5, 5.41) is 1.80. The van der Waals surface area contributed by atoms with E-state index >= 15 is 0 Å². The summed E-state index contributed by atoms with van der Waals surface area (Å²) >= 11 is 9.07. The molecule has 0 aliphatic heterocycles. The SMILES string of the molecule is Pc1ccc(Br)cc1Cl. The third-order valence-corrected chi connectivity index (χ3v) is 2.47. The molecule has 1 unspecified atom stereocenters. The first-order chi connectivity index (χ1) is 4.20. The monoisotopic (exact) mass is 222 g/mol. The minimum absolute atomic E-state index is 0.773. The summed E-state index contributed by atoms with van der Waals surface area (Å²) in [7, 11) is 2.56. The highest BCUT2D eigenvalue weighted by atomic mass is 79.9. The molecule has 0 nitrogen and oxygen atoms in total. The molecule has 1 rings (SSSR count). The van der Waals surface area contributed by atoms with E-state index in [0.717, 1.165) is 14.8 Å². The van der Waals surface area contributed by atoms with Gasteiger partial charge in [-0.3, -0.25) is 0 Å². The lowest BCUT2D eigenvalue weighted by atomic mass is 10.4. The minimum Gasteiger partial charge on any atom is -0.104 e. The van der Waals surface area contributed by atoms with E-state index in [1.165, 1.54) is 0 Å². The Hall–Kier alpha value is 0.420. The molecule has 0 radical (unpaired) electrons. The van der Waals surface area contributed by atoms with E-state index in [2.05, 4.69) is 25.2 Å². The average molecular weight is 223 g/mol. The summed E-state index contributed by atoms with van der Waals surface area (Å²) in [6, 6.07) is 5.76. The highest BCUT2D eigenvalue weighted by Crippen LogP contribution is 2.15. The molecule has 0 bridgehead atoms. The van der Waals surface area contributed by atoms with Crippen LogP contribution >= 0.6 is 36.8 Å². The zero-order valence-corrected chi connectivity index (χ0v) is 8.06. The van der Waals surface area contributed by atoms with E-state index in [0.29, 0.717) is 0 Å². The van der Waals surface area contributed by atoms with Crippen molar-refractivity contribution in [2.24, 2.45) is 0 Å². The smallest absolute Gasteiger partial charge is 0.0488 e. The second-order valence-electron chi connectivity index (χ2n) is 1.67. The molecule has 0 aliphatic rings. The fraction of sp³-hybridized carbons (Fsp3) is 0. The largest absolute Gasteiger partial charge is 0.104 e. The summed E-state index contributed by atoms with van der Waals surface area (Å²) in [6.45, 7) is 0. The molecule has 0 saturated heterocycles. The van der Waals surface area contributed by atoms with Gasteiger partial charge >= 0.3 is 0 Å². The Morgan fingerprint density at radius 1 is 1.44 bits per heavy atom. The van der Waals surface area contributed by atoms with Gasteiger partial charge < -0.3 is 0 Å². The van der Waals surface area contributed by atoms with Gasteiger partial charge in [0.2, 0.25) is 0 Å². The first-order valence-electron chi connectivity index (χ1n) is 2.40. The molecular weight excluding hydrogens is 218 g/mol. The molecule has 0 aliphatic carbocycles. The van der Waals surface area contributed by atoms with Crippen molar-refractivity contribution in [3.63, 3.8) is 0 Å². The molecule has 0 spiro atoms. The zero-order chi connectivity index (χ0) is 6.85. The molecule has 0 amide bonds. The van der Waals surface area contributed by atoms with Crippen molar-refractivity contribution in [3.05, 3.63) is 27.7 Å². The molecule has 0 saturated carbocycles. The number of hydrogen-bond donors (Lipinski definition) is 0. The van der Waals surface area contributed by atoms with Crippen LogP contribution in [0.1, 0.15) is 0 Å². The van der Waals surface area contributed by atoms with Crippen LogP contribution in [-0.2, 0) is 0 Å². The molecule has 3 heteroatoms. The van der Waals surface area contributed by atoms with Gasteiger partial charge in [-0.1, -0.05) is 33.6 Å². The van der Waals surface area contributed by atoms with Gasteiger partial charge in [0.25, 0.3) is 0 Å². The molecule has 1 atom stereocenters. The lowest BCUT2D eigenvalue weighted by Crippen LogP contribution is -1.89. The van der Waals surface area contributed by atoms with Crippen molar-refractivity contribution in [1.82, 2.24) is 0 Å². The molecule has 1 aromatic carbocycles. The van der Waals surface area contributed by atoms with E-state index in [1.54, 1.807) is 0 Å². The van der Waals surface area contributed by atoms with Crippen molar-refractivity contribution in [2.75, 3.05) is 0 Å². The molecule has 0 heterocycles. The van der Waals surface area contributed by atoms with E-state index in [-0.39, 0.29) is 0 Å². The van der Waals surface area contributed by atoms with Gasteiger partial charge in [0, 0.05) is 9.50 Å². The Morgan fingerprint density at radius 2 is 2.11 bits per heavy atom. The maximum Gasteiger partial charge on any atom is 0.0488 e. The lowest BCUT2D eigenvalue weighted by molar-refractivity contribution is 1.70. The number of hydrogen-bond acceptors (Lipinski definition) is 0. The Kier molecular flexibility index (Phi) is 2.51. The molecule has 48 valence electrons. The maximum absolute atomic E-state index is 5.76. The highest BCUT2D eigenvalue weighted by molar-refractivity contribution is 9.10. The van der Waals surface area contributed by atoms with Gasteiger partial charge in [-0.05, 0) is 17.4 Å². The summed E-state index contributed by atoms with van der Waals surface area (Å²) in [4.78, 5) is 0. The molecule has 0 fully saturated rings. The Morgan fingerprint density at radius 3 is 2.56 bits per heavy atom. The number of benzene rings is 1. The fourth-order valence-electron chi connectivity index (χ4n) is 0.502. The lowest BCUT2D eigenvalue weighted by Gasteiger charge is -1.94. The summed E-state index contributed by atoms with van der Waals surface area (Å²) < 4.78 is 1.01. The van der Waals surface area contributed by atoms with Crippen LogP contribution < -0.4 is 5.30 Å². The van der Waals surface area contributed by atoms with Gasteiger partial charge in [0.15, 0.2) is 0 Å². The number of halogens is 2. The van der Waals surface area contributed by atoms with Crippen LogP contribution in [-0.4, -0.2) is 0 Å². The Labute approximate surface area is 69.9 Å². The predicted octanol–water partition coefficient (Wildman–Crippen LogP) is 2.60. The first kappa shape index (κ1) is 7.53. The topological polar surface area (TPSA) is 0 Å². The molecule has 9 heavy (non-hydrogen) atoms. The Bertz CT molecular complexity index is 224. The van der Waals surface area contributed by atoms with E-state index in [4.69, 9.17) is 11.6 Å². The zero-order valence-electron chi connectivity index (χ0n) is 4.57. The van der Waals surface area contributed by atoms with Gasteiger partial charge in [-0.25, -0.2) is 0 Å². The Balaban J connectivity index is 3.17. The third kappa shape index (κ3) is 1.93. The summed E-state index contributed by atoms with van der Waals surface area (Å²) in [5.74, 6) is 0. The summed E-state index contributed by atoms with van der Waals surface area (Å²) in [6.07, 6.45) is 0. The van der Waals surface area contributed by atoms with Gasteiger partial charge in [0.1, 0.15) is 0 Å². The maximum atomic E-state index is 5.76. The van der Waals surface area contributed by atoms with Gasteiger partial charge in [-0.2, -0.15) is 0 Å². The van der Waals surface area contributed by atoms with Crippen LogP contribution in [0.3, 0.4) is 0 Å². The summed E-state index contributed by atoms with van der Waals surface area (Å²) in [5.41, 5.74) is 0. The van der Waals surface area contributed by atoms with Crippen molar-refractivity contribution in [3.8, 4) is 0 Å². The number of rotatable bonds is 0. The van der Waals surface area contributed by atoms with E-state index in [1.807, 2.05) is 18.2 Å². The molecule has 0 N–H and O–H groups in total. The molecule has 0 aromatic heterocycles. The highest BCUT2D eigenvalue weighted by Gasteiger charge is 1.92. The van der Waals surface area contributed by atoms with Crippen LogP contribution in [0.25, 0.3) is 0 Å². The van der Waals surface area contributed by atoms with Crippen molar-refractivity contribution in [1.29, 1.82) is 0 Å². The second-order valence-corrected chi connectivity index (χ2v) is 3.61. The van der Waals surface area contributed by atoms with Gasteiger partial charge in [-0.15, -0.1) is 9.24 Å². The van der Waals surface area contributed by atoms with Crippen LogP contribution in [0.2, 0.25) is 5.02 Å². The second kappa shape index (κ2) is 3.01. The average Bonchev–Trinajstić information content (AvgIpc) is 1.80. The molecule has 1 aromatic rings. The minimum atomic E-state index is 0.773. The third-order valence-electron chi connectivity index (χ3n) is 0.962. The van der Waals surface area contributed by atoms with E-state index < -0.39 is 0 Å². The van der Waals surface area contributed by atoms with Crippen molar-refractivity contribution in [2.45, 2.75) is 0 Å². The van der Waals surface area contributed by atoms with Crippen LogP contribution in [0.5, 0.6) is 0 Å². The molecular formula is C6H5BrClP. The normalized spacial score (nSPS) is 9.67. The van der Waals surface area contributed by atoms with Crippen LogP contribution in [0.15, 0.2) is 22.7 Å². The standard InChI is InChI=1S/C6H5BrClP/c7-4-1-2-6(9)5(8)3-4/h1-3H,9H2. The quantitative estimate of drug-likeness (QED) is 0.593. The van der Waals surface area contributed by atoms with Crippen molar-refractivity contribution >= 4 is 42.1 Å². The van der Waals surface area contributed by atoms with Crippen LogP contribution in [0, 0.1) is 0 Å². The fourth-order valence-corrected chi connectivity index (χ4v) is 1.35. The predicted molar refractivity (Wildman–Crippen MR) is 48.5 cm³/mol.